The second kappa shape index (κ2) is 7.44. The summed E-state index contributed by atoms with van der Waals surface area (Å²) >= 11 is 0. The summed E-state index contributed by atoms with van der Waals surface area (Å²) in [6.45, 7) is 1.40. The maximum absolute atomic E-state index is 12.1. The molecule has 5 heteroatoms. The Hall–Kier alpha value is -1.07. The monoisotopic (exact) mass is 342 g/mol. The summed E-state index contributed by atoms with van der Waals surface area (Å²) in [5.41, 5.74) is 2.44. The number of ether oxygens (including phenoxy) is 2. The van der Waals surface area contributed by atoms with E-state index >= 15 is 0 Å². The van der Waals surface area contributed by atoms with Gasteiger partial charge in [-0.05, 0) is 49.1 Å². The zero-order valence-corrected chi connectivity index (χ0v) is 13.9. The first kappa shape index (κ1) is 17.7. The Labute approximate surface area is 141 Å². The minimum atomic E-state index is -4.03. The van der Waals surface area contributed by atoms with Crippen LogP contribution in [-0.4, -0.2) is 25.2 Å². The highest BCUT2D eigenvalue weighted by Gasteiger charge is 2.40. The van der Waals surface area contributed by atoms with Gasteiger partial charge in [-0.3, -0.25) is 0 Å². The summed E-state index contributed by atoms with van der Waals surface area (Å²) < 4.78 is 47.9. The summed E-state index contributed by atoms with van der Waals surface area (Å²) in [6.07, 6.45) is 0.791. The molecule has 2 aliphatic rings. The molecule has 0 radical (unpaired) electrons. The van der Waals surface area contributed by atoms with Crippen molar-refractivity contribution in [1.82, 2.24) is 0 Å². The normalized spacial score (nSPS) is 21.5. The van der Waals surface area contributed by atoms with Gasteiger partial charge >= 0.3 is 6.18 Å². The highest BCUT2D eigenvalue weighted by Crippen LogP contribution is 2.42. The van der Waals surface area contributed by atoms with Crippen LogP contribution >= 0.6 is 0 Å². The fourth-order valence-corrected chi connectivity index (χ4v) is 3.79. The molecule has 2 fully saturated rings. The highest BCUT2D eigenvalue weighted by molar-refractivity contribution is 5.26. The van der Waals surface area contributed by atoms with Gasteiger partial charge in [0.1, 0.15) is 0 Å². The first-order chi connectivity index (χ1) is 11.5. The molecule has 1 aliphatic heterocycles. The summed E-state index contributed by atoms with van der Waals surface area (Å²) in [6, 6.07) is 8.40. The van der Waals surface area contributed by atoms with Crippen molar-refractivity contribution in [2.45, 2.75) is 69.2 Å². The zero-order chi connectivity index (χ0) is 17.0. The Morgan fingerprint density at radius 3 is 2.17 bits per heavy atom. The lowest BCUT2D eigenvalue weighted by Gasteiger charge is -2.35. The first-order valence-electron chi connectivity index (χ1n) is 8.89. The predicted octanol–water partition coefficient (Wildman–Crippen LogP) is 5.36. The fraction of sp³-hybridized carbons (Fsp3) is 0.684. The quantitative estimate of drug-likeness (QED) is 0.671. The van der Waals surface area contributed by atoms with Crippen LogP contribution < -0.4 is 0 Å². The zero-order valence-electron chi connectivity index (χ0n) is 13.9. The van der Waals surface area contributed by atoms with Crippen molar-refractivity contribution in [3.63, 3.8) is 0 Å². The Morgan fingerprint density at radius 1 is 0.958 bits per heavy atom. The van der Waals surface area contributed by atoms with E-state index in [1.165, 1.54) is 5.56 Å². The average molecular weight is 342 g/mol. The highest BCUT2D eigenvalue weighted by atomic mass is 19.4. The Morgan fingerprint density at radius 2 is 1.58 bits per heavy atom. The van der Waals surface area contributed by atoms with Gasteiger partial charge in [-0.1, -0.05) is 24.3 Å². The molecule has 0 bridgehead atoms. The van der Waals surface area contributed by atoms with E-state index in [4.69, 9.17) is 9.47 Å². The molecule has 1 spiro atoms. The van der Waals surface area contributed by atoms with Crippen LogP contribution in [0.15, 0.2) is 24.3 Å². The molecule has 1 aromatic carbocycles. The molecule has 1 heterocycles. The molecule has 0 aromatic heterocycles. The second-order valence-corrected chi connectivity index (χ2v) is 6.95. The smallest absolute Gasteiger partial charge is 0.348 e. The number of rotatable bonds is 5. The molecular formula is C19H25F3O2. The minimum absolute atomic E-state index is 0.204. The van der Waals surface area contributed by atoms with Crippen LogP contribution in [-0.2, 0) is 15.9 Å². The predicted molar refractivity (Wildman–Crippen MR) is 85.9 cm³/mol. The molecule has 2 nitrogen and oxygen atoms in total. The molecule has 1 aromatic rings. The van der Waals surface area contributed by atoms with Crippen molar-refractivity contribution in [3.8, 4) is 0 Å². The Kier molecular flexibility index (Phi) is 5.50. The maximum Gasteiger partial charge on any atom is 0.389 e. The van der Waals surface area contributed by atoms with Gasteiger partial charge < -0.3 is 9.47 Å². The summed E-state index contributed by atoms with van der Waals surface area (Å²) in [5, 5.41) is 0. The van der Waals surface area contributed by atoms with E-state index < -0.39 is 12.6 Å². The number of hydrogen-bond donors (Lipinski definition) is 0. The molecular weight excluding hydrogens is 317 g/mol. The van der Waals surface area contributed by atoms with Gasteiger partial charge in [0.2, 0.25) is 0 Å². The third-order valence-electron chi connectivity index (χ3n) is 5.19. The summed E-state index contributed by atoms with van der Waals surface area (Å²) in [4.78, 5) is 0. The van der Waals surface area contributed by atoms with Crippen molar-refractivity contribution >= 4 is 0 Å². The largest absolute Gasteiger partial charge is 0.389 e. The van der Waals surface area contributed by atoms with E-state index in [1.807, 2.05) is 0 Å². The van der Waals surface area contributed by atoms with Gasteiger partial charge in [0.05, 0.1) is 13.2 Å². The van der Waals surface area contributed by atoms with Gasteiger partial charge in [-0.2, -0.15) is 13.2 Å². The van der Waals surface area contributed by atoms with E-state index in [0.29, 0.717) is 32.0 Å². The first-order valence-corrected chi connectivity index (χ1v) is 8.89. The summed E-state index contributed by atoms with van der Waals surface area (Å²) in [5.74, 6) is 0.206. The van der Waals surface area contributed by atoms with Gasteiger partial charge in [0.15, 0.2) is 5.79 Å². The van der Waals surface area contributed by atoms with Crippen LogP contribution in [0.5, 0.6) is 0 Å². The molecule has 1 aliphatic carbocycles. The van der Waals surface area contributed by atoms with Gasteiger partial charge in [0, 0.05) is 19.3 Å². The lowest BCUT2D eigenvalue weighted by Crippen LogP contribution is -2.34. The standard InChI is InChI=1S/C19H25F3O2/c20-19(21,22)10-2-1-3-15-4-6-16(7-5-15)17-8-11-18(12-9-17)23-13-14-24-18/h4-7,17H,1-3,8-14H2. The topological polar surface area (TPSA) is 18.5 Å². The lowest BCUT2D eigenvalue weighted by molar-refractivity contribution is -0.178. The molecule has 0 amide bonds. The van der Waals surface area contributed by atoms with Crippen molar-refractivity contribution < 1.29 is 22.6 Å². The van der Waals surface area contributed by atoms with Crippen LogP contribution in [0.25, 0.3) is 0 Å². The Balaban J connectivity index is 1.45. The molecule has 0 N–H and O–H groups in total. The Bertz CT molecular complexity index is 508. The molecule has 24 heavy (non-hydrogen) atoms. The summed E-state index contributed by atoms with van der Waals surface area (Å²) in [7, 11) is 0. The van der Waals surface area contributed by atoms with E-state index in [-0.39, 0.29) is 12.2 Å². The molecule has 1 saturated carbocycles. The molecule has 3 rings (SSSR count). The molecule has 1 saturated heterocycles. The van der Waals surface area contributed by atoms with Gasteiger partial charge in [-0.15, -0.1) is 0 Å². The van der Waals surface area contributed by atoms with Crippen LogP contribution in [0.4, 0.5) is 13.2 Å². The van der Waals surface area contributed by atoms with Gasteiger partial charge in [0.25, 0.3) is 0 Å². The molecule has 134 valence electrons. The van der Waals surface area contributed by atoms with Crippen LogP contribution in [0.3, 0.4) is 0 Å². The lowest BCUT2D eigenvalue weighted by atomic mass is 9.81. The molecule has 0 unspecified atom stereocenters. The molecule has 0 atom stereocenters. The minimum Gasteiger partial charge on any atom is -0.348 e. The number of benzene rings is 1. The number of halogens is 3. The number of aryl methyl sites for hydroxylation is 1. The van der Waals surface area contributed by atoms with E-state index in [0.717, 1.165) is 31.2 Å². The second-order valence-electron chi connectivity index (χ2n) is 6.95. The third kappa shape index (κ3) is 4.73. The SMILES string of the molecule is FC(F)(F)CCCCc1ccc(C2CCC3(CC2)OCCO3)cc1. The number of alkyl halides is 3. The van der Waals surface area contributed by atoms with Crippen LogP contribution in [0.2, 0.25) is 0 Å². The van der Waals surface area contributed by atoms with E-state index in [1.54, 1.807) is 0 Å². The number of unbranched alkanes of at least 4 members (excludes halogenated alkanes) is 1. The van der Waals surface area contributed by atoms with Crippen molar-refractivity contribution in [1.29, 1.82) is 0 Å². The third-order valence-corrected chi connectivity index (χ3v) is 5.19. The van der Waals surface area contributed by atoms with Crippen LogP contribution in [0, 0.1) is 0 Å². The number of hydrogen-bond acceptors (Lipinski definition) is 2. The van der Waals surface area contributed by atoms with E-state index in [9.17, 15) is 13.2 Å². The average Bonchev–Trinajstić information content (AvgIpc) is 3.00. The van der Waals surface area contributed by atoms with Crippen molar-refractivity contribution in [3.05, 3.63) is 35.4 Å². The van der Waals surface area contributed by atoms with E-state index in [2.05, 4.69) is 24.3 Å². The van der Waals surface area contributed by atoms with Gasteiger partial charge in [-0.25, -0.2) is 0 Å². The van der Waals surface area contributed by atoms with Crippen LogP contribution in [0.1, 0.15) is 62.0 Å². The fourth-order valence-electron chi connectivity index (χ4n) is 3.79. The maximum atomic E-state index is 12.1. The van der Waals surface area contributed by atoms with Crippen molar-refractivity contribution in [2.24, 2.45) is 0 Å². The van der Waals surface area contributed by atoms with Crippen molar-refractivity contribution in [2.75, 3.05) is 13.2 Å².